The molecule has 1 heteroatoms. The van der Waals surface area contributed by atoms with Gasteiger partial charge in [0, 0.05) is 0 Å². The first kappa shape index (κ1) is 14.8. The van der Waals surface area contributed by atoms with E-state index in [0.717, 1.165) is 0 Å². The first-order chi connectivity index (χ1) is 8.11. The van der Waals surface area contributed by atoms with Gasteiger partial charge in [-0.15, -0.1) is 0 Å². The molecule has 88 valence electrons. The quantitative estimate of drug-likeness (QED) is 0.555. The minimum atomic E-state index is -0.0464. The van der Waals surface area contributed by atoms with Gasteiger partial charge >= 0.3 is 0 Å². The maximum atomic E-state index is 10.7. The van der Waals surface area contributed by atoms with Crippen molar-refractivity contribution in [2.45, 2.75) is 6.92 Å². The van der Waals surface area contributed by atoms with Gasteiger partial charge in [-0.05, 0) is 24.1 Å². The van der Waals surface area contributed by atoms with Gasteiger partial charge in [0.2, 0.25) is 0 Å². The van der Waals surface area contributed by atoms with Crippen LogP contribution in [0.2, 0.25) is 0 Å². The van der Waals surface area contributed by atoms with Crippen LogP contribution in [-0.4, -0.2) is 5.78 Å². The minimum absolute atomic E-state index is 0.0464. The topological polar surface area (TPSA) is 17.1 Å². The second-order valence-corrected chi connectivity index (χ2v) is 3.35. The average Bonchev–Trinajstić information content (AvgIpc) is 2.37. The molecule has 0 spiro atoms. The second kappa shape index (κ2) is 9.10. The Bertz CT molecular complexity index is 410. The molecule has 0 saturated heterocycles. The van der Waals surface area contributed by atoms with Crippen molar-refractivity contribution in [1.29, 1.82) is 0 Å². The summed E-state index contributed by atoms with van der Waals surface area (Å²) in [5.74, 6) is -0.0464. The molecule has 0 heterocycles. The third-order valence-electron chi connectivity index (χ3n) is 1.84. The van der Waals surface area contributed by atoms with E-state index in [0.29, 0.717) is 5.57 Å². The summed E-state index contributed by atoms with van der Waals surface area (Å²) < 4.78 is 0. The fourth-order valence-electron chi connectivity index (χ4n) is 0.887. The molecule has 0 aliphatic rings. The lowest BCUT2D eigenvalue weighted by molar-refractivity contribution is -0.111. The molecule has 0 unspecified atom stereocenters. The fourth-order valence-corrected chi connectivity index (χ4v) is 0.887. The SMILES string of the molecule is C=CC=CC(=O)C(=C)C.C=Cc1ccccc1. The Morgan fingerprint density at radius 2 is 1.76 bits per heavy atom. The van der Waals surface area contributed by atoms with Gasteiger partial charge in [-0.25, -0.2) is 0 Å². The van der Waals surface area contributed by atoms with E-state index in [9.17, 15) is 4.79 Å². The molecule has 0 aliphatic carbocycles. The Hall–Kier alpha value is -2.15. The monoisotopic (exact) mass is 226 g/mol. The lowest BCUT2D eigenvalue weighted by Gasteiger charge is -1.85. The number of carbonyl (C=O) groups excluding carboxylic acids is 1. The van der Waals surface area contributed by atoms with Crippen molar-refractivity contribution >= 4 is 11.9 Å². The summed E-state index contributed by atoms with van der Waals surface area (Å²) in [4.78, 5) is 10.7. The highest BCUT2D eigenvalue weighted by Crippen LogP contribution is 1.97. The van der Waals surface area contributed by atoms with E-state index in [-0.39, 0.29) is 5.78 Å². The summed E-state index contributed by atoms with van der Waals surface area (Å²) in [6.07, 6.45) is 6.42. The van der Waals surface area contributed by atoms with Crippen LogP contribution in [0.3, 0.4) is 0 Å². The van der Waals surface area contributed by atoms with Crippen molar-refractivity contribution in [1.82, 2.24) is 0 Å². The van der Waals surface area contributed by atoms with Crippen molar-refractivity contribution in [2.75, 3.05) is 0 Å². The van der Waals surface area contributed by atoms with E-state index < -0.39 is 0 Å². The number of hydrogen-bond acceptors (Lipinski definition) is 1. The molecule has 0 N–H and O–H groups in total. The fraction of sp³-hybridized carbons (Fsp3) is 0.0625. The van der Waals surface area contributed by atoms with Crippen molar-refractivity contribution in [3.05, 3.63) is 79.4 Å². The van der Waals surface area contributed by atoms with Crippen LogP contribution in [0.1, 0.15) is 12.5 Å². The molecule has 0 fully saturated rings. The Kier molecular flexibility index (Phi) is 7.95. The van der Waals surface area contributed by atoms with Crippen molar-refractivity contribution in [2.24, 2.45) is 0 Å². The lowest BCUT2D eigenvalue weighted by Crippen LogP contribution is -1.90. The molecular formula is C16H18O. The van der Waals surface area contributed by atoms with Gasteiger partial charge in [0.1, 0.15) is 0 Å². The number of allylic oxidation sites excluding steroid dienone is 4. The van der Waals surface area contributed by atoms with Gasteiger partial charge in [0.25, 0.3) is 0 Å². The smallest absolute Gasteiger partial charge is 0.180 e. The van der Waals surface area contributed by atoms with Crippen LogP contribution in [0.15, 0.2) is 73.9 Å². The van der Waals surface area contributed by atoms with Crippen molar-refractivity contribution < 1.29 is 4.79 Å². The predicted molar refractivity (Wildman–Crippen MR) is 75.7 cm³/mol. The summed E-state index contributed by atoms with van der Waals surface area (Å²) in [6, 6.07) is 10.0. The Morgan fingerprint density at radius 3 is 2.12 bits per heavy atom. The van der Waals surface area contributed by atoms with Crippen LogP contribution in [0.4, 0.5) is 0 Å². The first-order valence-corrected chi connectivity index (χ1v) is 5.28. The van der Waals surface area contributed by atoms with E-state index in [1.54, 1.807) is 19.1 Å². The van der Waals surface area contributed by atoms with E-state index in [1.165, 1.54) is 11.6 Å². The molecule has 17 heavy (non-hydrogen) atoms. The van der Waals surface area contributed by atoms with E-state index >= 15 is 0 Å². The average molecular weight is 226 g/mol. The third kappa shape index (κ3) is 7.74. The summed E-state index contributed by atoms with van der Waals surface area (Å²) in [6.45, 7) is 12.2. The van der Waals surface area contributed by atoms with Crippen LogP contribution < -0.4 is 0 Å². The zero-order valence-electron chi connectivity index (χ0n) is 10.2. The van der Waals surface area contributed by atoms with Gasteiger partial charge in [-0.2, -0.15) is 0 Å². The van der Waals surface area contributed by atoms with Crippen LogP contribution in [0, 0.1) is 0 Å². The number of ketones is 1. The number of rotatable bonds is 4. The van der Waals surface area contributed by atoms with E-state index in [2.05, 4.69) is 19.7 Å². The largest absolute Gasteiger partial charge is 0.290 e. The third-order valence-corrected chi connectivity index (χ3v) is 1.84. The van der Waals surface area contributed by atoms with E-state index in [4.69, 9.17) is 0 Å². The summed E-state index contributed by atoms with van der Waals surface area (Å²) in [7, 11) is 0. The van der Waals surface area contributed by atoms with Gasteiger partial charge in [0.15, 0.2) is 5.78 Å². The van der Waals surface area contributed by atoms with Gasteiger partial charge in [-0.3, -0.25) is 4.79 Å². The van der Waals surface area contributed by atoms with Gasteiger partial charge in [-0.1, -0.05) is 68.3 Å². The maximum Gasteiger partial charge on any atom is 0.180 e. The van der Waals surface area contributed by atoms with Crippen LogP contribution in [0.5, 0.6) is 0 Å². The maximum absolute atomic E-state index is 10.7. The molecule has 1 nitrogen and oxygen atoms in total. The van der Waals surface area contributed by atoms with Gasteiger partial charge in [0.05, 0.1) is 0 Å². The normalized spacial score (nSPS) is 9.00. The van der Waals surface area contributed by atoms with E-state index in [1.807, 2.05) is 36.4 Å². The predicted octanol–water partition coefficient (Wildman–Crippen LogP) is 4.20. The molecular weight excluding hydrogens is 208 g/mol. The molecule has 0 bridgehead atoms. The van der Waals surface area contributed by atoms with Gasteiger partial charge < -0.3 is 0 Å². The first-order valence-electron chi connectivity index (χ1n) is 5.28. The molecule has 0 aliphatic heterocycles. The number of hydrogen-bond donors (Lipinski definition) is 0. The second-order valence-electron chi connectivity index (χ2n) is 3.35. The van der Waals surface area contributed by atoms with Crippen molar-refractivity contribution in [3.63, 3.8) is 0 Å². The highest BCUT2D eigenvalue weighted by Gasteiger charge is 1.91. The van der Waals surface area contributed by atoms with Crippen LogP contribution in [0.25, 0.3) is 6.08 Å². The summed E-state index contributed by atoms with van der Waals surface area (Å²) in [5.41, 5.74) is 1.72. The Labute approximate surface area is 103 Å². The Balaban J connectivity index is 0.000000302. The molecule has 0 atom stereocenters. The molecule has 0 saturated carbocycles. The van der Waals surface area contributed by atoms with Crippen LogP contribution in [-0.2, 0) is 4.79 Å². The zero-order valence-corrected chi connectivity index (χ0v) is 10.2. The zero-order chi connectivity index (χ0) is 13.1. The summed E-state index contributed by atoms with van der Waals surface area (Å²) in [5, 5.41) is 0. The molecule has 0 aromatic heterocycles. The molecule has 1 aromatic carbocycles. The number of carbonyl (C=O) groups is 1. The summed E-state index contributed by atoms with van der Waals surface area (Å²) >= 11 is 0. The Morgan fingerprint density at radius 1 is 1.18 bits per heavy atom. The highest BCUT2D eigenvalue weighted by molar-refractivity contribution is 6.03. The van der Waals surface area contributed by atoms with Crippen LogP contribution >= 0.6 is 0 Å². The lowest BCUT2D eigenvalue weighted by atomic mass is 10.2. The molecule has 0 radical (unpaired) electrons. The molecule has 0 amide bonds. The highest BCUT2D eigenvalue weighted by atomic mass is 16.1. The van der Waals surface area contributed by atoms with Crippen molar-refractivity contribution in [3.8, 4) is 0 Å². The standard InChI is InChI=1S/C8H10O.C8H8/c1-4-5-6-8(9)7(2)3;1-2-8-6-4-3-5-7-8/h4-6H,1-2H2,3H3;2-7H,1H2. The molecule has 1 rings (SSSR count). The number of benzene rings is 1. The molecule has 1 aromatic rings. The minimum Gasteiger partial charge on any atom is -0.290 e.